The van der Waals surface area contributed by atoms with Crippen LogP contribution in [0.1, 0.15) is 27.8 Å². The molecule has 6 rings (SSSR count). The van der Waals surface area contributed by atoms with Crippen LogP contribution in [0, 0.1) is 11.6 Å². The van der Waals surface area contributed by atoms with Crippen molar-refractivity contribution in [3.8, 4) is 0 Å². The summed E-state index contributed by atoms with van der Waals surface area (Å²) in [5, 5.41) is 3.35. The van der Waals surface area contributed by atoms with Gasteiger partial charge in [-0.05, 0) is 88.7 Å². The molecular formula is C29H28F2N4O. The van der Waals surface area contributed by atoms with Crippen LogP contribution in [0.3, 0.4) is 0 Å². The molecule has 1 aliphatic carbocycles. The van der Waals surface area contributed by atoms with Gasteiger partial charge in [0.15, 0.2) is 0 Å². The molecule has 184 valence electrons. The largest absolute Gasteiger partial charge is 0.326 e. The highest BCUT2D eigenvalue weighted by Crippen LogP contribution is 2.36. The first-order chi connectivity index (χ1) is 17.5. The number of aromatic amines is 1. The van der Waals surface area contributed by atoms with Crippen molar-refractivity contribution in [1.82, 2.24) is 19.8 Å². The Morgan fingerprint density at radius 3 is 2.17 bits per heavy atom. The number of nitrogens with one attached hydrogen (secondary N) is 2. The molecule has 0 unspecified atom stereocenters. The van der Waals surface area contributed by atoms with Crippen molar-refractivity contribution >= 4 is 22.7 Å². The summed E-state index contributed by atoms with van der Waals surface area (Å²) in [6.45, 7) is 5.41. The maximum absolute atomic E-state index is 14.0. The first-order valence-electron chi connectivity index (χ1n) is 12.5. The van der Waals surface area contributed by atoms with Crippen molar-refractivity contribution in [1.29, 1.82) is 0 Å². The number of rotatable bonds is 4. The maximum atomic E-state index is 14.0. The molecule has 1 aromatic heterocycles. The molecule has 0 spiro atoms. The highest BCUT2D eigenvalue weighted by Gasteiger charge is 2.20. The normalized spacial score (nSPS) is 16.0. The van der Waals surface area contributed by atoms with Gasteiger partial charge < -0.3 is 10.3 Å². The average molecular weight is 487 g/mol. The molecule has 1 aliphatic heterocycles. The van der Waals surface area contributed by atoms with E-state index in [2.05, 4.69) is 21.3 Å². The van der Waals surface area contributed by atoms with Gasteiger partial charge in [0.25, 0.3) is 0 Å². The first-order valence-corrected chi connectivity index (χ1v) is 12.5. The zero-order valence-corrected chi connectivity index (χ0v) is 20.0. The smallest absolute Gasteiger partial charge is 0.314 e. The fourth-order valence-electron chi connectivity index (χ4n) is 5.47. The summed E-state index contributed by atoms with van der Waals surface area (Å²) in [5.41, 5.74) is 7.11. The van der Waals surface area contributed by atoms with Crippen LogP contribution in [0.2, 0.25) is 0 Å². The number of nitrogens with zero attached hydrogens (tertiary/aromatic N) is 2. The summed E-state index contributed by atoms with van der Waals surface area (Å²) >= 11 is 0. The minimum Gasteiger partial charge on any atom is -0.314 e. The van der Waals surface area contributed by atoms with Gasteiger partial charge in [-0.15, -0.1) is 0 Å². The second-order valence-electron chi connectivity index (χ2n) is 9.61. The standard InChI is InChI=1S/C29H28F2N4O/c30-22-4-6-24-20(17-22)2-3-21-18-23(31)5-7-25(21)26(24)15-19-1-8-28-27(16-19)33-29(36)35(28)14-13-34-11-9-32-10-12-34/h1,4-8,15-18,32H,2-3,9-14H2,(H,33,36). The predicted octanol–water partition coefficient (Wildman–Crippen LogP) is 4.20. The van der Waals surface area contributed by atoms with Crippen LogP contribution >= 0.6 is 0 Å². The maximum Gasteiger partial charge on any atom is 0.326 e. The monoisotopic (exact) mass is 486 g/mol. The molecular weight excluding hydrogens is 458 g/mol. The van der Waals surface area contributed by atoms with Crippen LogP contribution in [0.4, 0.5) is 8.78 Å². The number of benzene rings is 3. The van der Waals surface area contributed by atoms with Gasteiger partial charge in [-0.2, -0.15) is 0 Å². The van der Waals surface area contributed by atoms with E-state index in [1.165, 1.54) is 12.1 Å². The molecule has 0 bridgehead atoms. The molecule has 0 atom stereocenters. The first kappa shape index (κ1) is 22.9. The molecule has 36 heavy (non-hydrogen) atoms. The molecule has 4 aromatic rings. The van der Waals surface area contributed by atoms with E-state index in [9.17, 15) is 13.6 Å². The zero-order valence-electron chi connectivity index (χ0n) is 20.0. The fourth-order valence-corrected chi connectivity index (χ4v) is 5.47. The van der Waals surface area contributed by atoms with E-state index < -0.39 is 0 Å². The van der Waals surface area contributed by atoms with E-state index in [4.69, 9.17) is 0 Å². The molecule has 7 heteroatoms. The van der Waals surface area contributed by atoms with Crippen molar-refractivity contribution < 1.29 is 8.78 Å². The quantitative estimate of drug-likeness (QED) is 0.455. The van der Waals surface area contributed by atoms with E-state index >= 15 is 0 Å². The molecule has 2 heterocycles. The predicted molar refractivity (Wildman–Crippen MR) is 139 cm³/mol. The van der Waals surface area contributed by atoms with Gasteiger partial charge in [0.2, 0.25) is 0 Å². The Hall–Kier alpha value is -3.55. The molecule has 0 radical (unpaired) electrons. The molecule has 0 saturated carbocycles. The Balaban J connectivity index is 1.39. The number of H-pyrrole nitrogens is 1. The van der Waals surface area contributed by atoms with Crippen LogP contribution < -0.4 is 11.0 Å². The average Bonchev–Trinajstić information content (AvgIpc) is 3.11. The lowest BCUT2D eigenvalue weighted by Crippen LogP contribution is -2.44. The minimum absolute atomic E-state index is 0.110. The Kier molecular flexibility index (Phi) is 6.03. The number of hydrogen-bond donors (Lipinski definition) is 2. The number of aryl methyl sites for hydroxylation is 2. The van der Waals surface area contributed by atoms with Crippen LogP contribution in [-0.4, -0.2) is 47.2 Å². The minimum atomic E-state index is -0.272. The van der Waals surface area contributed by atoms with Crippen molar-refractivity contribution in [2.45, 2.75) is 19.4 Å². The lowest BCUT2D eigenvalue weighted by atomic mass is 9.92. The summed E-state index contributed by atoms with van der Waals surface area (Å²) in [7, 11) is 0. The SMILES string of the molecule is O=c1[nH]c2cc(C=C3c4ccc(F)cc4CCc4cc(F)ccc43)ccc2n1CCN1CCNCC1. The van der Waals surface area contributed by atoms with Gasteiger partial charge in [-0.3, -0.25) is 9.47 Å². The van der Waals surface area contributed by atoms with Crippen molar-refractivity contribution in [3.63, 3.8) is 0 Å². The Morgan fingerprint density at radius 1 is 0.833 bits per heavy atom. The number of piperazine rings is 1. The third-order valence-corrected chi connectivity index (χ3v) is 7.34. The molecule has 2 N–H and O–H groups in total. The van der Waals surface area contributed by atoms with Crippen LogP contribution in [0.5, 0.6) is 0 Å². The fraction of sp³-hybridized carbons (Fsp3) is 0.276. The highest BCUT2D eigenvalue weighted by molar-refractivity contribution is 5.95. The number of hydrogen-bond acceptors (Lipinski definition) is 3. The van der Waals surface area contributed by atoms with Crippen LogP contribution in [0.15, 0.2) is 59.4 Å². The summed E-state index contributed by atoms with van der Waals surface area (Å²) in [6, 6.07) is 15.7. The van der Waals surface area contributed by atoms with Crippen LogP contribution in [-0.2, 0) is 19.4 Å². The van der Waals surface area contributed by atoms with Gasteiger partial charge in [0.1, 0.15) is 11.6 Å². The van der Waals surface area contributed by atoms with E-state index in [0.717, 1.165) is 77.1 Å². The third-order valence-electron chi connectivity index (χ3n) is 7.34. The summed E-state index contributed by atoms with van der Waals surface area (Å²) in [6.07, 6.45) is 3.33. The second kappa shape index (κ2) is 9.48. The summed E-state index contributed by atoms with van der Waals surface area (Å²) in [5.74, 6) is -0.544. The second-order valence-corrected chi connectivity index (χ2v) is 9.61. The summed E-state index contributed by atoms with van der Waals surface area (Å²) < 4.78 is 29.9. The van der Waals surface area contributed by atoms with Crippen molar-refractivity contribution in [2.24, 2.45) is 0 Å². The molecule has 5 nitrogen and oxygen atoms in total. The number of halogens is 2. The summed E-state index contributed by atoms with van der Waals surface area (Å²) in [4.78, 5) is 18.1. The van der Waals surface area contributed by atoms with E-state index in [1.807, 2.05) is 30.3 Å². The Morgan fingerprint density at radius 2 is 1.50 bits per heavy atom. The third kappa shape index (κ3) is 4.40. The van der Waals surface area contributed by atoms with Gasteiger partial charge in [0, 0.05) is 39.3 Å². The topological polar surface area (TPSA) is 53.1 Å². The number of fused-ring (bicyclic) bond motifs is 3. The van der Waals surface area contributed by atoms with E-state index in [1.54, 1.807) is 16.7 Å². The van der Waals surface area contributed by atoms with Gasteiger partial charge in [-0.1, -0.05) is 18.2 Å². The van der Waals surface area contributed by atoms with E-state index in [0.29, 0.717) is 19.4 Å². The molecule has 0 amide bonds. The molecule has 2 aliphatic rings. The van der Waals surface area contributed by atoms with E-state index in [-0.39, 0.29) is 17.3 Å². The van der Waals surface area contributed by atoms with Gasteiger partial charge in [0.05, 0.1) is 11.0 Å². The Bertz CT molecular complexity index is 1470. The highest BCUT2D eigenvalue weighted by atomic mass is 19.1. The van der Waals surface area contributed by atoms with Crippen molar-refractivity contribution in [3.05, 3.63) is 105 Å². The number of imidazole rings is 1. The van der Waals surface area contributed by atoms with Gasteiger partial charge in [-0.25, -0.2) is 13.6 Å². The number of aromatic nitrogens is 2. The molecule has 1 saturated heterocycles. The molecule has 1 fully saturated rings. The van der Waals surface area contributed by atoms with Gasteiger partial charge >= 0.3 is 5.69 Å². The zero-order chi connectivity index (χ0) is 24.6. The van der Waals surface area contributed by atoms with Crippen molar-refractivity contribution in [2.75, 3.05) is 32.7 Å². The lowest BCUT2D eigenvalue weighted by molar-refractivity contribution is 0.232. The Labute approximate surface area is 208 Å². The lowest BCUT2D eigenvalue weighted by Gasteiger charge is -2.27. The molecule has 3 aromatic carbocycles. The van der Waals surface area contributed by atoms with Crippen LogP contribution in [0.25, 0.3) is 22.7 Å².